The fraction of sp³-hybridized carbons (Fsp3) is 0.353. The van der Waals surface area contributed by atoms with Crippen LogP contribution in [0.3, 0.4) is 0 Å². The molecule has 0 aliphatic carbocycles. The SMILES string of the molecule is COC(=O)c1ccc(C)c(NC(=O)COC(=O)CN2C(=O)CN(C)C2=O)c1. The molecule has 1 aromatic carbocycles. The molecule has 10 nitrogen and oxygen atoms in total. The summed E-state index contributed by atoms with van der Waals surface area (Å²) in [7, 11) is 2.68. The lowest BCUT2D eigenvalue weighted by Gasteiger charge is -2.13. The van der Waals surface area contributed by atoms with E-state index in [2.05, 4.69) is 10.1 Å². The first kappa shape index (κ1) is 19.9. The van der Waals surface area contributed by atoms with Gasteiger partial charge in [-0.1, -0.05) is 6.07 Å². The highest BCUT2D eigenvalue weighted by molar-refractivity contribution is 6.04. The lowest BCUT2D eigenvalue weighted by atomic mass is 10.1. The molecule has 1 aromatic rings. The van der Waals surface area contributed by atoms with Crippen molar-refractivity contribution in [2.75, 3.05) is 39.2 Å². The Morgan fingerprint density at radius 1 is 1.22 bits per heavy atom. The van der Waals surface area contributed by atoms with Crippen LogP contribution >= 0.6 is 0 Å². The third kappa shape index (κ3) is 4.81. The summed E-state index contributed by atoms with van der Waals surface area (Å²) < 4.78 is 9.42. The van der Waals surface area contributed by atoms with Gasteiger partial charge in [0.1, 0.15) is 13.1 Å². The number of benzene rings is 1. The van der Waals surface area contributed by atoms with Crippen LogP contribution in [0.25, 0.3) is 0 Å². The fourth-order valence-corrected chi connectivity index (χ4v) is 2.33. The molecule has 10 heteroatoms. The van der Waals surface area contributed by atoms with E-state index in [1.54, 1.807) is 19.1 Å². The van der Waals surface area contributed by atoms with Crippen molar-refractivity contribution in [3.05, 3.63) is 29.3 Å². The van der Waals surface area contributed by atoms with Gasteiger partial charge in [0.15, 0.2) is 6.61 Å². The van der Waals surface area contributed by atoms with Crippen molar-refractivity contribution in [1.29, 1.82) is 0 Å². The second-order valence-electron chi connectivity index (χ2n) is 5.85. The summed E-state index contributed by atoms with van der Waals surface area (Å²) in [5.41, 5.74) is 1.31. The molecular weight excluding hydrogens is 358 g/mol. The van der Waals surface area contributed by atoms with Gasteiger partial charge < -0.3 is 19.7 Å². The maximum absolute atomic E-state index is 12.0. The van der Waals surface area contributed by atoms with E-state index in [9.17, 15) is 24.0 Å². The van der Waals surface area contributed by atoms with Crippen molar-refractivity contribution in [3.63, 3.8) is 0 Å². The van der Waals surface area contributed by atoms with Gasteiger partial charge in [-0.25, -0.2) is 9.59 Å². The van der Waals surface area contributed by atoms with Crippen LogP contribution in [0.15, 0.2) is 18.2 Å². The summed E-state index contributed by atoms with van der Waals surface area (Å²) >= 11 is 0. The number of urea groups is 1. The minimum atomic E-state index is -0.887. The number of rotatable bonds is 6. The molecule has 0 radical (unpaired) electrons. The number of carbonyl (C=O) groups is 5. The highest BCUT2D eigenvalue weighted by Gasteiger charge is 2.35. The molecule has 0 saturated carbocycles. The molecular formula is C17H19N3O7. The number of amides is 4. The fourth-order valence-electron chi connectivity index (χ4n) is 2.33. The van der Waals surface area contributed by atoms with Crippen molar-refractivity contribution < 1.29 is 33.4 Å². The van der Waals surface area contributed by atoms with Crippen LogP contribution in [-0.2, 0) is 23.9 Å². The molecule has 2 rings (SSSR count). The molecule has 0 aromatic heterocycles. The molecule has 27 heavy (non-hydrogen) atoms. The van der Waals surface area contributed by atoms with Crippen LogP contribution in [0.1, 0.15) is 15.9 Å². The molecule has 0 unspecified atom stereocenters. The number of hydrogen-bond donors (Lipinski definition) is 1. The topological polar surface area (TPSA) is 122 Å². The summed E-state index contributed by atoms with van der Waals surface area (Å²) in [5, 5.41) is 2.52. The Morgan fingerprint density at radius 2 is 1.93 bits per heavy atom. The molecule has 1 saturated heterocycles. The zero-order chi connectivity index (χ0) is 20.1. The molecule has 0 bridgehead atoms. The second-order valence-corrected chi connectivity index (χ2v) is 5.85. The van der Waals surface area contributed by atoms with Gasteiger partial charge in [-0.2, -0.15) is 0 Å². The van der Waals surface area contributed by atoms with Gasteiger partial charge in [-0.3, -0.25) is 19.3 Å². The van der Waals surface area contributed by atoms with E-state index < -0.39 is 42.9 Å². The molecule has 0 spiro atoms. The van der Waals surface area contributed by atoms with Gasteiger partial charge in [0.05, 0.1) is 12.7 Å². The van der Waals surface area contributed by atoms with Crippen LogP contribution < -0.4 is 5.32 Å². The third-order valence-corrected chi connectivity index (χ3v) is 3.82. The number of likely N-dealkylation sites (N-methyl/N-ethyl adjacent to an activating group) is 1. The number of aryl methyl sites for hydroxylation is 1. The number of hydrogen-bond acceptors (Lipinski definition) is 7. The summed E-state index contributed by atoms with van der Waals surface area (Å²) in [6.45, 7) is 0.450. The molecule has 1 aliphatic heterocycles. The lowest BCUT2D eigenvalue weighted by Crippen LogP contribution is -2.37. The van der Waals surface area contributed by atoms with Gasteiger partial charge in [-0.05, 0) is 24.6 Å². The zero-order valence-electron chi connectivity index (χ0n) is 15.1. The van der Waals surface area contributed by atoms with E-state index in [0.717, 1.165) is 4.90 Å². The van der Waals surface area contributed by atoms with Crippen LogP contribution in [0.4, 0.5) is 10.5 Å². The number of anilines is 1. The molecule has 0 atom stereocenters. The Labute approximate surface area is 155 Å². The van der Waals surface area contributed by atoms with Gasteiger partial charge in [-0.15, -0.1) is 0 Å². The lowest BCUT2D eigenvalue weighted by molar-refractivity contribution is -0.149. The Morgan fingerprint density at radius 3 is 2.52 bits per heavy atom. The van der Waals surface area contributed by atoms with Crippen LogP contribution in [0.2, 0.25) is 0 Å². The number of carbonyl (C=O) groups excluding carboxylic acids is 5. The molecule has 1 N–H and O–H groups in total. The highest BCUT2D eigenvalue weighted by atomic mass is 16.5. The Bertz CT molecular complexity index is 806. The van der Waals surface area contributed by atoms with E-state index in [4.69, 9.17) is 4.74 Å². The summed E-state index contributed by atoms with van der Waals surface area (Å²) in [6.07, 6.45) is 0. The predicted octanol–water partition coefficient (Wildman–Crippen LogP) is 0.157. The number of esters is 2. The van der Waals surface area contributed by atoms with E-state index in [0.29, 0.717) is 11.3 Å². The number of imide groups is 1. The van der Waals surface area contributed by atoms with Crippen LogP contribution in [-0.4, -0.2) is 73.4 Å². The minimum Gasteiger partial charge on any atom is -0.465 e. The Hall–Kier alpha value is -3.43. The Kier molecular flexibility index (Phi) is 6.11. The van der Waals surface area contributed by atoms with E-state index in [1.165, 1.54) is 25.1 Å². The van der Waals surface area contributed by atoms with Crippen molar-refractivity contribution in [2.24, 2.45) is 0 Å². The summed E-state index contributed by atoms with van der Waals surface area (Å²) in [4.78, 5) is 60.5. The molecule has 1 heterocycles. The minimum absolute atomic E-state index is 0.109. The monoisotopic (exact) mass is 377 g/mol. The number of nitrogens with one attached hydrogen (secondary N) is 1. The maximum Gasteiger partial charge on any atom is 0.337 e. The molecule has 144 valence electrons. The zero-order valence-corrected chi connectivity index (χ0v) is 15.1. The van der Waals surface area contributed by atoms with Crippen molar-refractivity contribution >= 4 is 35.5 Å². The first-order chi connectivity index (χ1) is 12.7. The van der Waals surface area contributed by atoms with Gasteiger partial charge in [0, 0.05) is 12.7 Å². The highest BCUT2D eigenvalue weighted by Crippen LogP contribution is 2.17. The normalized spacial score (nSPS) is 13.6. The van der Waals surface area contributed by atoms with Gasteiger partial charge in [0.2, 0.25) is 0 Å². The first-order valence-corrected chi connectivity index (χ1v) is 7.92. The summed E-state index contributed by atoms with van der Waals surface area (Å²) in [5.74, 6) is -2.59. The van der Waals surface area contributed by atoms with Gasteiger partial charge >= 0.3 is 18.0 Å². The van der Waals surface area contributed by atoms with E-state index >= 15 is 0 Å². The van der Waals surface area contributed by atoms with Crippen molar-refractivity contribution in [1.82, 2.24) is 9.80 Å². The molecule has 4 amide bonds. The predicted molar refractivity (Wildman–Crippen MR) is 91.8 cm³/mol. The van der Waals surface area contributed by atoms with E-state index in [-0.39, 0.29) is 12.1 Å². The molecule has 1 fully saturated rings. The standard InChI is InChI=1S/C17H19N3O7/c1-10-4-5-11(16(24)26-3)6-12(10)18-13(21)9-27-15(23)8-20-14(22)7-19(2)17(20)25/h4-6H,7-9H2,1-3H3,(H,18,21). The third-order valence-electron chi connectivity index (χ3n) is 3.82. The van der Waals surface area contributed by atoms with Crippen molar-refractivity contribution in [2.45, 2.75) is 6.92 Å². The second kappa shape index (κ2) is 8.30. The number of methoxy groups -OCH3 is 1. The summed E-state index contributed by atoms with van der Waals surface area (Å²) in [6, 6.07) is 4.03. The average Bonchev–Trinajstić information content (AvgIpc) is 2.87. The van der Waals surface area contributed by atoms with Crippen molar-refractivity contribution in [3.8, 4) is 0 Å². The number of ether oxygens (including phenoxy) is 2. The van der Waals surface area contributed by atoms with Gasteiger partial charge in [0.25, 0.3) is 11.8 Å². The van der Waals surface area contributed by atoms with E-state index in [1.807, 2.05) is 0 Å². The maximum atomic E-state index is 12.0. The Balaban J connectivity index is 1.89. The number of nitrogens with zero attached hydrogens (tertiary/aromatic N) is 2. The first-order valence-electron chi connectivity index (χ1n) is 7.92. The average molecular weight is 377 g/mol. The van der Waals surface area contributed by atoms with Crippen LogP contribution in [0, 0.1) is 6.92 Å². The molecule has 1 aliphatic rings. The largest absolute Gasteiger partial charge is 0.465 e. The van der Waals surface area contributed by atoms with Crippen LogP contribution in [0.5, 0.6) is 0 Å². The smallest absolute Gasteiger partial charge is 0.337 e. The quantitative estimate of drug-likeness (QED) is 0.553.